The summed E-state index contributed by atoms with van der Waals surface area (Å²) in [6, 6.07) is 0.249. The molecule has 0 radical (unpaired) electrons. The third-order valence-electron chi connectivity index (χ3n) is 2.02. The molecule has 1 aliphatic rings. The van der Waals surface area contributed by atoms with Gasteiger partial charge in [-0.05, 0) is 12.3 Å². The highest BCUT2D eigenvalue weighted by atomic mass is 35.5. The van der Waals surface area contributed by atoms with Crippen LogP contribution in [0.2, 0.25) is 0 Å². The van der Waals surface area contributed by atoms with Crippen molar-refractivity contribution in [3.8, 4) is 0 Å². The summed E-state index contributed by atoms with van der Waals surface area (Å²) in [4.78, 5) is 4.17. The van der Waals surface area contributed by atoms with E-state index < -0.39 is 0 Å². The van der Waals surface area contributed by atoms with Crippen molar-refractivity contribution in [2.24, 2.45) is 10.9 Å². The molecule has 1 N–H and O–H groups in total. The Morgan fingerprint density at radius 1 is 1.67 bits per heavy atom. The molecule has 1 heterocycles. The van der Waals surface area contributed by atoms with Crippen molar-refractivity contribution < 1.29 is 0 Å². The topological polar surface area (TPSA) is 24.4 Å². The predicted octanol–water partition coefficient (Wildman–Crippen LogP) is 2.50. The molecule has 0 spiro atoms. The second-order valence-electron chi connectivity index (χ2n) is 3.29. The molecule has 0 saturated heterocycles. The number of aliphatic imine (C=N–C) groups is 1. The molecule has 0 saturated carbocycles. The minimum atomic E-state index is 0.249. The molecule has 0 fully saturated rings. The minimum Gasteiger partial charge on any atom is -0.368 e. The van der Waals surface area contributed by atoms with E-state index in [1.54, 1.807) is 6.34 Å². The largest absolute Gasteiger partial charge is 0.368 e. The normalized spacial score (nSPS) is 23.2. The Balaban J connectivity index is 2.83. The molecular weight excluding hydrogens is 172 g/mol. The first-order valence-electron chi connectivity index (χ1n) is 4.34. The number of halogens is 1. The van der Waals surface area contributed by atoms with Gasteiger partial charge in [0, 0.05) is 0 Å². The minimum absolute atomic E-state index is 0.249. The van der Waals surface area contributed by atoms with Gasteiger partial charge < -0.3 is 5.32 Å². The van der Waals surface area contributed by atoms with Crippen molar-refractivity contribution in [2.75, 3.05) is 0 Å². The standard InChI is InChI=1S/C9H15ClN2/c1-4-7-8(10)9(6(2)3)12-5-11-7/h5-6,9H,4H2,1-3H3,(H,11,12). The van der Waals surface area contributed by atoms with E-state index in [-0.39, 0.29) is 6.04 Å². The van der Waals surface area contributed by atoms with Gasteiger partial charge in [0.25, 0.3) is 0 Å². The van der Waals surface area contributed by atoms with E-state index in [0.29, 0.717) is 5.92 Å². The maximum Gasteiger partial charge on any atom is 0.0888 e. The van der Waals surface area contributed by atoms with Crippen molar-refractivity contribution in [2.45, 2.75) is 33.2 Å². The van der Waals surface area contributed by atoms with E-state index in [1.165, 1.54) is 0 Å². The number of nitrogens with one attached hydrogen (secondary N) is 1. The number of nitrogens with zero attached hydrogens (tertiary/aromatic N) is 1. The van der Waals surface area contributed by atoms with Crippen LogP contribution in [0.1, 0.15) is 27.2 Å². The van der Waals surface area contributed by atoms with Crippen LogP contribution in [0.4, 0.5) is 0 Å². The van der Waals surface area contributed by atoms with Crippen LogP contribution in [0.5, 0.6) is 0 Å². The molecule has 0 aromatic rings. The van der Waals surface area contributed by atoms with Gasteiger partial charge in [-0.3, -0.25) is 0 Å². The predicted molar refractivity (Wildman–Crippen MR) is 53.4 cm³/mol. The Morgan fingerprint density at radius 2 is 2.33 bits per heavy atom. The Bertz CT molecular complexity index is 219. The van der Waals surface area contributed by atoms with E-state index in [4.69, 9.17) is 11.6 Å². The molecule has 2 nitrogen and oxygen atoms in total. The van der Waals surface area contributed by atoms with Crippen LogP contribution in [-0.4, -0.2) is 12.4 Å². The van der Waals surface area contributed by atoms with Gasteiger partial charge in [0.1, 0.15) is 0 Å². The molecule has 12 heavy (non-hydrogen) atoms. The Hall–Kier alpha value is -0.500. The molecule has 0 bridgehead atoms. The van der Waals surface area contributed by atoms with E-state index in [1.807, 2.05) is 0 Å². The molecule has 1 unspecified atom stereocenters. The lowest BCUT2D eigenvalue weighted by Crippen LogP contribution is -2.36. The third kappa shape index (κ3) is 1.81. The Morgan fingerprint density at radius 3 is 2.83 bits per heavy atom. The average Bonchev–Trinajstić information content (AvgIpc) is 2.04. The highest BCUT2D eigenvalue weighted by Gasteiger charge is 2.20. The summed E-state index contributed by atoms with van der Waals surface area (Å²) < 4.78 is 0. The second-order valence-corrected chi connectivity index (χ2v) is 3.70. The first kappa shape index (κ1) is 9.59. The number of allylic oxidation sites excluding steroid dienone is 1. The monoisotopic (exact) mass is 186 g/mol. The molecule has 3 heteroatoms. The summed E-state index contributed by atoms with van der Waals surface area (Å²) in [5.74, 6) is 0.505. The van der Waals surface area contributed by atoms with Crippen LogP contribution < -0.4 is 5.32 Å². The van der Waals surface area contributed by atoms with Crippen LogP contribution >= 0.6 is 11.6 Å². The van der Waals surface area contributed by atoms with E-state index in [9.17, 15) is 0 Å². The van der Waals surface area contributed by atoms with E-state index >= 15 is 0 Å². The highest BCUT2D eigenvalue weighted by molar-refractivity contribution is 6.31. The van der Waals surface area contributed by atoms with Crippen LogP contribution in [0.3, 0.4) is 0 Å². The highest BCUT2D eigenvalue weighted by Crippen LogP contribution is 2.24. The quantitative estimate of drug-likeness (QED) is 0.704. The SMILES string of the molecule is CCC1=C(Cl)C(C(C)C)NC=N1. The van der Waals surface area contributed by atoms with Gasteiger partial charge in [-0.1, -0.05) is 32.4 Å². The van der Waals surface area contributed by atoms with Gasteiger partial charge in [0.05, 0.1) is 23.1 Å². The fourth-order valence-electron chi connectivity index (χ4n) is 1.26. The lowest BCUT2D eigenvalue weighted by Gasteiger charge is -2.24. The molecule has 1 aliphatic heterocycles. The van der Waals surface area contributed by atoms with Gasteiger partial charge in [-0.2, -0.15) is 0 Å². The zero-order valence-electron chi connectivity index (χ0n) is 7.76. The molecule has 1 rings (SSSR count). The summed E-state index contributed by atoms with van der Waals surface area (Å²) in [5, 5.41) is 4.02. The fraction of sp³-hybridized carbons (Fsp3) is 0.667. The fourth-order valence-corrected chi connectivity index (χ4v) is 1.75. The van der Waals surface area contributed by atoms with Crippen LogP contribution in [0.15, 0.2) is 15.7 Å². The van der Waals surface area contributed by atoms with Gasteiger partial charge in [-0.25, -0.2) is 4.99 Å². The first-order chi connectivity index (χ1) is 5.66. The smallest absolute Gasteiger partial charge is 0.0888 e. The maximum absolute atomic E-state index is 6.15. The molecule has 0 aromatic heterocycles. The van der Waals surface area contributed by atoms with Gasteiger partial charge in [-0.15, -0.1) is 0 Å². The van der Waals surface area contributed by atoms with Gasteiger partial charge in [0.15, 0.2) is 0 Å². The summed E-state index contributed by atoms with van der Waals surface area (Å²) >= 11 is 6.15. The first-order valence-corrected chi connectivity index (χ1v) is 4.71. The van der Waals surface area contributed by atoms with Crippen LogP contribution in [0, 0.1) is 5.92 Å². The summed E-state index contributed by atoms with van der Waals surface area (Å²) in [6.07, 6.45) is 2.65. The average molecular weight is 187 g/mol. The maximum atomic E-state index is 6.15. The molecule has 1 atom stereocenters. The number of rotatable bonds is 2. The lowest BCUT2D eigenvalue weighted by molar-refractivity contribution is 0.516. The van der Waals surface area contributed by atoms with Gasteiger partial charge in [0.2, 0.25) is 0 Å². The van der Waals surface area contributed by atoms with Crippen molar-refractivity contribution in [3.05, 3.63) is 10.7 Å². The Kier molecular flexibility index (Phi) is 3.15. The van der Waals surface area contributed by atoms with E-state index in [2.05, 4.69) is 31.1 Å². The van der Waals surface area contributed by atoms with Crippen LogP contribution in [-0.2, 0) is 0 Å². The second kappa shape index (κ2) is 3.94. The van der Waals surface area contributed by atoms with Crippen LogP contribution in [0.25, 0.3) is 0 Å². The van der Waals surface area contributed by atoms with Crippen molar-refractivity contribution in [1.29, 1.82) is 0 Å². The summed E-state index contributed by atoms with van der Waals surface area (Å²) in [7, 11) is 0. The van der Waals surface area contributed by atoms with Crippen molar-refractivity contribution in [1.82, 2.24) is 5.32 Å². The lowest BCUT2D eigenvalue weighted by atomic mass is 10.0. The van der Waals surface area contributed by atoms with Crippen molar-refractivity contribution in [3.63, 3.8) is 0 Å². The summed E-state index contributed by atoms with van der Waals surface area (Å²) in [6.45, 7) is 6.36. The van der Waals surface area contributed by atoms with Gasteiger partial charge >= 0.3 is 0 Å². The molecule has 0 amide bonds. The molecule has 0 aliphatic carbocycles. The zero-order chi connectivity index (χ0) is 9.14. The number of hydrogen-bond donors (Lipinski definition) is 1. The number of hydrogen-bond acceptors (Lipinski definition) is 2. The summed E-state index contributed by atoms with van der Waals surface area (Å²) in [5.41, 5.74) is 1.01. The zero-order valence-corrected chi connectivity index (χ0v) is 8.52. The molecule has 0 aromatic carbocycles. The molecule has 68 valence electrons. The van der Waals surface area contributed by atoms with E-state index in [0.717, 1.165) is 17.2 Å². The van der Waals surface area contributed by atoms with Crippen molar-refractivity contribution >= 4 is 17.9 Å². The third-order valence-corrected chi connectivity index (χ3v) is 2.48. The molecular formula is C9H15ClN2. The Labute approximate surface area is 78.7 Å².